The molecule has 19 heavy (non-hydrogen) atoms. The van der Waals surface area contributed by atoms with Crippen molar-refractivity contribution in [3.05, 3.63) is 84.1 Å². The number of aliphatic hydroxyl groups is 1. The monoisotopic (exact) mass is 253 g/mol. The van der Waals surface area contributed by atoms with Gasteiger partial charge in [-0.05, 0) is 17.7 Å². The highest BCUT2D eigenvalue weighted by Gasteiger charge is 2.17. The van der Waals surface area contributed by atoms with Crippen LogP contribution in [0.15, 0.2) is 73.0 Å². The number of rotatable bonds is 4. The van der Waals surface area contributed by atoms with Crippen LogP contribution < -0.4 is 5.32 Å². The summed E-state index contributed by atoms with van der Waals surface area (Å²) in [5.74, 6) is -0.333. The van der Waals surface area contributed by atoms with Gasteiger partial charge in [0.2, 0.25) is 0 Å². The molecule has 2 aromatic rings. The molecule has 0 aliphatic carbocycles. The minimum Gasteiger partial charge on any atom is -0.510 e. The zero-order valence-electron chi connectivity index (χ0n) is 10.4. The average Bonchev–Trinajstić information content (AvgIpc) is 2.46. The third-order valence-corrected chi connectivity index (χ3v) is 2.78. The fourth-order valence-electron chi connectivity index (χ4n) is 1.81. The van der Waals surface area contributed by atoms with E-state index < -0.39 is 6.04 Å². The number of amides is 1. The zero-order chi connectivity index (χ0) is 13.7. The van der Waals surface area contributed by atoms with Gasteiger partial charge in [-0.25, -0.2) is 0 Å². The SMILES string of the molecule is C=C(O)[C@@H](NC(=O)c1ccccc1)c1ccccc1. The van der Waals surface area contributed by atoms with Gasteiger partial charge in [0.25, 0.3) is 5.91 Å². The number of benzene rings is 2. The van der Waals surface area contributed by atoms with Crippen molar-refractivity contribution in [1.29, 1.82) is 0 Å². The van der Waals surface area contributed by atoms with Crippen molar-refractivity contribution in [2.75, 3.05) is 0 Å². The maximum Gasteiger partial charge on any atom is 0.252 e. The van der Waals surface area contributed by atoms with E-state index in [4.69, 9.17) is 0 Å². The molecule has 2 aromatic carbocycles. The summed E-state index contributed by atoms with van der Waals surface area (Å²) in [6.45, 7) is 3.52. The molecule has 0 fully saturated rings. The Hall–Kier alpha value is -2.55. The van der Waals surface area contributed by atoms with Crippen LogP contribution in [0, 0.1) is 0 Å². The van der Waals surface area contributed by atoms with Crippen molar-refractivity contribution < 1.29 is 9.90 Å². The van der Waals surface area contributed by atoms with Crippen molar-refractivity contribution in [2.24, 2.45) is 0 Å². The first-order valence-electron chi connectivity index (χ1n) is 5.97. The Labute approximate surface area is 112 Å². The summed E-state index contributed by atoms with van der Waals surface area (Å²) in [4.78, 5) is 12.1. The van der Waals surface area contributed by atoms with E-state index in [-0.39, 0.29) is 11.7 Å². The maximum atomic E-state index is 12.1. The summed E-state index contributed by atoms with van der Waals surface area (Å²) < 4.78 is 0. The van der Waals surface area contributed by atoms with Gasteiger partial charge in [-0.3, -0.25) is 4.79 Å². The Balaban J connectivity index is 2.19. The van der Waals surface area contributed by atoms with Gasteiger partial charge in [0, 0.05) is 5.56 Å². The average molecular weight is 253 g/mol. The van der Waals surface area contributed by atoms with Crippen molar-refractivity contribution >= 4 is 5.91 Å². The number of hydrogen-bond donors (Lipinski definition) is 2. The molecule has 96 valence electrons. The number of carbonyl (C=O) groups excluding carboxylic acids is 1. The molecule has 0 aliphatic rings. The molecule has 0 heterocycles. The van der Waals surface area contributed by atoms with Crippen LogP contribution in [0.2, 0.25) is 0 Å². The van der Waals surface area contributed by atoms with Crippen LogP contribution in [0.3, 0.4) is 0 Å². The second-order valence-electron chi connectivity index (χ2n) is 4.17. The quantitative estimate of drug-likeness (QED) is 0.822. The molecule has 2 rings (SSSR count). The van der Waals surface area contributed by atoms with Gasteiger partial charge in [-0.2, -0.15) is 0 Å². The van der Waals surface area contributed by atoms with Gasteiger partial charge in [0.1, 0.15) is 11.8 Å². The van der Waals surface area contributed by atoms with Crippen LogP contribution in [0.4, 0.5) is 0 Å². The molecule has 0 saturated carbocycles. The molecule has 2 N–H and O–H groups in total. The van der Waals surface area contributed by atoms with Gasteiger partial charge < -0.3 is 10.4 Å². The van der Waals surface area contributed by atoms with Gasteiger partial charge in [0.15, 0.2) is 0 Å². The van der Waals surface area contributed by atoms with Crippen LogP contribution in [-0.2, 0) is 0 Å². The van der Waals surface area contributed by atoms with E-state index in [0.717, 1.165) is 5.56 Å². The molecule has 0 radical (unpaired) electrons. The van der Waals surface area contributed by atoms with Gasteiger partial charge in [-0.1, -0.05) is 55.1 Å². The standard InChI is InChI=1S/C16H15NO2/c1-12(18)15(13-8-4-2-5-9-13)17-16(19)14-10-6-3-7-11-14/h2-11,15,18H,1H2,(H,17,19)/t15-/m1/s1. The maximum absolute atomic E-state index is 12.1. The fourth-order valence-corrected chi connectivity index (χ4v) is 1.81. The summed E-state index contributed by atoms with van der Waals surface area (Å²) in [6.07, 6.45) is 0. The van der Waals surface area contributed by atoms with E-state index in [1.165, 1.54) is 0 Å². The molecular weight excluding hydrogens is 238 g/mol. The molecular formula is C16H15NO2. The van der Waals surface area contributed by atoms with E-state index in [9.17, 15) is 9.90 Å². The Morgan fingerprint density at radius 3 is 2.05 bits per heavy atom. The first-order chi connectivity index (χ1) is 9.18. The zero-order valence-corrected chi connectivity index (χ0v) is 10.4. The fraction of sp³-hybridized carbons (Fsp3) is 0.0625. The van der Waals surface area contributed by atoms with Crippen LogP contribution in [0.25, 0.3) is 0 Å². The Bertz CT molecular complexity index is 564. The number of nitrogens with one attached hydrogen (secondary N) is 1. The van der Waals surface area contributed by atoms with Crippen molar-refractivity contribution in [2.45, 2.75) is 6.04 Å². The summed E-state index contributed by atoms with van der Waals surface area (Å²) in [5, 5.41) is 12.4. The van der Waals surface area contributed by atoms with E-state index in [2.05, 4.69) is 11.9 Å². The third kappa shape index (κ3) is 3.22. The number of carbonyl (C=O) groups is 1. The highest BCUT2D eigenvalue weighted by molar-refractivity contribution is 5.94. The molecule has 3 heteroatoms. The second kappa shape index (κ2) is 5.87. The van der Waals surface area contributed by atoms with E-state index in [1.54, 1.807) is 24.3 Å². The van der Waals surface area contributed by atoms with Crippen LogP contribution in [-0.4, -0.2) is 11.0 Å². The molecule has 0 spiro atoms. The van der Waals surface area contributed by atoms with Gasteiger partial charge in [0.05, 0.1) is 0 Å². The Morgan fingerprint density at radius 2 is 1.53 bits per heavy atom. The lowest BCUT2D eigenvalue weighted by molar-refractivity contribution is 0.0933. The van der Waals surface area contributed by atoms with Gasteiger partial charge >= 0.3 is 0 Å². The third-order valence-electron chi connectivity index (χ3n) is 2.78. The first kappa shape index (κ1) is 12.9. The van der Waals surface area contributed by atoms with E-state index in [1.807, 2.05) is 36.4 Å². The molecule has 1 amide bonds. The molecule has 1 atom stereocenters. The summed E-state index contributed by atoms with van der Waals surface area (Å²) >= 11 is 0. The lowest BCUT2D eigenvalue weighted by Gasteiger charge is -2.18. The smallest absolute Gasteiger partial charge is 0.252 e. The number of hydrogen-bond acceptors (Lipinski definition) is 2. The molecule has 0 aliphatic heterocycles. The highest BCUT2D eigenvalue weighted by atomic mass is 16.3. The Kier molecular flexibility index (Phi) is 3.98. The van der Waals surface area contributed by atoms with E-state index in [0.29, 0.717) is 5.56 Å². The lowest BCUT2D eigenvalue weighted by Crippen LogP contribution is -2.29. The lowest BCUT2D eigenvalue weighted by atomic mass is 10.1. The van der Waals surface area contributed by atoms with Crippen molar-refractivity contribution in [3.8, 4) is 0 Å². The molecule has 0 saturated heterocycles. The minimum atomic E-state index is -0.603. The summed E-state index contributed by atoms with van der Waals surface area (Å²) in [5.41, 5.74) is 1.34. The molecule has 0 bridgehead atoms. The van der Waals surface area contributed by atoms with Crippen molar-refractivity contribution in [1.82, 2.24) is 5.32 Å². The van der Waals surface area contributed by atoms with Crippen LogP contribution >= 0.6 is 0 Å². The molecule has 0 unspecified atom stereocenters. The summed E-state index contributed by atoms with van der Waals surface area (Å²) in [7, 11) is 0. The van der Waals surface area contributed by atoms with Crippen LogP contribution in [0.5, 0.6) is 0 Å². The molecule has 3 nitrogen and oxygen atoms in total. The minimum absolute atomic E-state index is 0.0875. The van der Waals surface area contributed by atoms with Crippen LogP contribution in [0.1, 0.15) is 22.0 Å². The Morgan fingerprint density at radius 1 is 1.00 bits per heavy atom. The highest BCUT2D eigenvalue weighted by Crippen LogP contribution is 2.18. The van der Waals surface area contributed by atoms with E-state index >= 15 is 0 Å². The molecule has 0 aromatic heterocycles. The predicted octanol–water partition coefficient (Wildman–Crippen LogP) is 3.23. The van der Waals surface area contributed by atoms with Crippen molar-refractivity contribution in [3.63, 3.8) is 0 Å². The second-order valence-corrected chi connectivity index (χ2v) is 4.17. The predicted molar refractivity (Wildman–Crippen MR) is 74.9 cm³/mol. The largest absolute Gasteiger partial charge is 0.510 e. The number of aliphatic hydroxyl groups excluding tert-OH is 1. The topological polar surface area (TPSA) is 49.3 Å². The van der Waals surface area contributed by atoms with Gasteiger partial charge in [-0.15, -0.1) is 0 Å². The normalized spacial score (nSPS) is 11.6. The summed E-state index contributed by atoms with van der Waals surface area (Å²) in [6, 6.07) is 17.5. The first-order valence-corrected chi connectivity index (χ1v) is 5.97.